The Morgan fingerprint density at radius 3 is 2.42 bits per heavy atom. The highest BCUT2D eigenvalue weighted by atomic mass is 16.8. The number of carbonyl (C=O) groups excluding carboxylic acids is 1. The first kappa shape index (κ1) is 18.8. The largest absolute Gasteiger partial charge is 0.443 e. The lowest BCUT2D eigenvalue weighted by Crippen LogP contribution is -2.64. The molecule has 1 amide bonds. The Morgan fingerprint density at radius 2 is 1.73 bits per heavy atom. The van der Waals surface area contributed by atoms with Gasteiger partial charge in [-0.25, -0.2) is 4.79 Å². The van der Waals surface area contributed by atoms with Crippen LogP contribution in [0, 0.1) is 0 Å². The molecule has 2 bridgehead atoms. The predicted octanol–water partition coefficient (Wildman–Crippen LogP) is 1.86. The molecule has 2 aliphatic heterocycles. The molecule has 8 nitrogen and oxygen atoms in total. The summed E-state index contributed by atoms with van der Waals surface area (Å²) in [6.07, 6.45) is 1.76. The van der Waals surface area contributed by atoms with Crippen molar-refractivity contribution in [1.29, 1.82) is 0 Å². The fourth-order valence-corrected chi connectivity index (χ4v) is 2.96. The minimum atomic E-state index is -0.579. The molecule has 3 aliphatic rings. The van der Waals surface area contributed by atoms with Gasteiger partial charge in [-0.1, -0.05) is 42.5 Å². The van der Waals surface area contributed by atoms with Crippen LogP contribution in [0.2, 0.25) is 0 Å². The van der Waals surface area contributed by atoms with Crippen molar-refractivity contribution in [1.82, 2.24) is 5.06 Å². The lowest BCUT2D eigenvalue weighted by molar-refractivity contribution is -0.304. The van der Waals surface area contributed by atoms with Gasteiger partial charge in [0.1, 0.15) is 44.5 Å². The number of ether oxygens (including phenoxy) is 5. The van der Waals surface area contributed by atoms with Crippen LogP contribution < -0.4 is 0 Å². The molecule has 1 aromatic carbocycles. The first-order chi connectivity index (χ1) is 12.7. The third-order valence-corrected chi connectivity index (χ3v) is 4.13. The van der Waals surface area contributed by atoms with E-state index in [4.69, 9.17) is 28.5 Å². The van der Waals surface area contributed by atoms with Gasteiger partial charge in [-0.05, 0) is 5.56 Å². The maximum absolute atomic E-state index is 12.5. The molecule has 1 aliphatic carbocycles. The van der Waals surface area contributed by atoms with Gasteiger partial charge in [0.05, 0.1) is 0 Å². The van der Waals surface area contributed by atoms with Crippen LogP contribution in [0.25, 0.3) is 0 Å². The van der Waals surface area contributed by atoms with Crippen molar-refractivity contribution in [2.45, 2.75) is 31.0 Å². The van der Waals surface area contributed by atoms with Gasteiger partial charge in [0.2, 0.25) is 0 Å². The Kier molecular flexibility index (Phi) is 6.59. The molecule has 1 fully saturated rings. The van der Waals surface area contributed by atoms with Crippen LogP contribution >= 0.6 is 0 Å². The highest BCUT2D eigenvalue weighted by Crippen LogP contribution is 2.33. The average Bonchev–Trinajstić information content (AvgIpc) is 2.70. The molecule has 1 saturated heterocycles. The fraction of sp³-hybridized carbons (Fsp3) is 0.500. The number of hydrogen-bond acceptors (Lipinski definition) is 7. The van der Waals surface area contributed by atoms with Crippen LogP contribution in [0.1, 0.15) is 5.56 Å². The minimum absolute atomic E-state index is 0.0709. The smallest absolute Gasteiger partial charge is 0.434 e. The van der Waals surface area contributed by atoms with E-state index in [-0.39, 0.29) is 20.2 Å². The molecule has 0 N–H and O–H groups in total. The predicted molar refractivity (Wildman–Crippen MR) is 89.8 cm³/mol. The van der Waals surface area contributed by atoms with E-state index in [2.05, 4.69) is 0 Å². The number of hydroxylamine groups is 2. The second kappa shape index (κ2) is 9.11. The normalized spacial score (nSPS) is 26.9. The summed E-state index contributed by atoms with van der Waals surface area (Å²) in [7, 11) is 3.07. The Morgan fingerprint density at radius 1 is 1.04 bits per heavy atom. The fourth-order valence-electron chi connectivity index (χ4n) is 2.96. The quantitative estimate of drug-likeness (QED) is 0.514. The summed E-state index contributed by atoms with van der Waals surface area (Å²) < 4.78 is 26.7. The van der Waals surface area contributed by atoms with Gasteiger partial charge in [0.25, 0.3) is 0 Å². The first-order valence-electron chi connectivity index (χ1n) is 8.30. The summed E-state index contributed by atoms with van der Waals surface area (Å²) >= 11 is 0. The molecule has 142 valence electrons. The van der Waals surface area contributed by atoms with E-state index in [1.165, 1.54) is 19.3 Å². The van der Waals surface area contributed by atoms with Crippen molar-refractivity contribution in [3.63, 3.8) is 0 Å². The second-order valence-corrected chi connectivity index (χ2v) is 5.89. The zero-order chi connectivity index (χ0) is 18.4. The van der Waals surface area contributed by atoms with E-state index in [1.54, 1.807) is 0 Å². The summed E-state index contributed by atoms with van der Waals surface area (Å²) in [6.45, 7) is 0.325. The van der Waals surface area contributed by atoms with Crippen molar-refractivity contribution in [3.8, 4) is 0 Å². The summed E-state index contributed by atoms with van der Waals surface area (Å²) in [5.74, 6) is 0. The molecule has 0 unspecified atom stereocenters. The van der Waals surface area contributed by atoms with Gasteiger partial charge in [-0.3, -0.25) is 4.84 Å². The van der Waals surface area contributed by atoms with Crippen molar-refractivity contribution < 1.29 is 33.3 Å². The molecular weight excluding hydrogens is 342 g/mol. The molecule has 1 aromatic rings. The third kappa shape index (κ3) is 4.22. The molecule has 0 saturated carbocycles. The van der Waals surface area contributed by atoms with Crippen molar-refractivity contribution in [2.75, 3.05) is 27.8 Å². The molecule has 0 aromatic heterocycles. The molecular formula is C18H23NO7. The van der Waals surface area contributed by atoms with Crippen LogP contribution in [-0.4, -0.2) is 63.3 Å². The lowest BCUT2D eigenvalue weighted by Gasteiger charge is -2.48. The van der Waals surface area contributed by atoms with Crippen LogP contribution in [0.15, 0.2) is 42.5 Å². The monoisotopic (exact) mass is 365 g/mol. The van der Waals surface area contributed by atoms with Gasteiger partial charge in [0.15, 0.2) is 0 Å². The Hall–Kier alpha value is -1.97. The van der Waals surface area contributed by atoms with E-state index in [9.17, 15) is 4.79 Å². The number of methoxy groups -OCH3 is 2. The van der Waals surface area contributed by atoms with Crippen LogP contribution in [0.3, 0.4) is 0 Å². The third-order valence-electron chi connectivity index (χ3n) is 4.13. The highest BCUT2D eigenvalue weighted by molar-refractivity contribution is 5.67. The van der Waals surface area contributed by atoms with E-state index in [1.807, 2.05) is 42.5 Å². The number of carbonyl (C=O) groups is 1. The van der Waals surface area contributed by atoms with Gasteiger partial charge < -0.3 is 23.7 Å². The lowest BCUT2D eigenvalue weighted by atomic mass is 9.92. The molecule has 2 heterocycles. The van der Waals surface area contributed by atoms with Gasteiger partial charge in [0, 0.05) is 14.2 Å². The molecule has 4 atom stereocenters. The molecule has 8 heteroatoms. The minimum Gasteiger partial charge on any atom is -0.443 e. The highest BCUT2D eigenvalue weighted by Gasteiger charge is 2.50. The maximum Gasteiger partial charge on any atom is 0.434 e. The van der Waals surface area contributed by atoms with Gasteiger partial charge in [-0.15, -0.1) is 0 Å². The topological polar surface area (TPSA) is 75.7 Å². The van der Waals surface area contributed by atoms with E-state index in [0.717, 1.165) is 5.56 Å². The number of rotatable bonds is 8. The molecule has 0 spiro atoms. The molecule has 4 rings (SSSR count). The van der Waals surface area contributed by atoms with E-state index < -0.39 is 30.4 Å². The summed E-state index contributed by atoms with van der Waals surface area (Å²) in [5.41, 5.74) is 0.895. The summed E-state index contributed by atoms with van der Waals surface area (Å²) in [6, 6.07) is 8.96. The number of benzene rings is 1. The Bertz CT molecular complexity index is 609. The zero-order valence-corrected chi connectivity index (χ0v) is 14.8. The van der Waals surface area contributed by atoms with Gasteiger partial charge >= 0.3 is 6.09 Å². The van der Waals surface area contributed by atoms with Crippen LogP contribution in [0.5, 0.6) is 0 Å². The Balaban J connectivity index is 1.65. The van der Waals surface area contributed by atoms with Crippen molar-refractivity contribution in [3.05, 3.63) is 48.0 Å². The number of hydrogen-bond donors (Lipinski definition) is 0. The van der Waals surface area contributed by atoms with Crippen LogP contribution in [-0.2, 0) is 35.1 Å². The number of nitrogens with zero attached hydrogens (tertiary/aromatic N) is 1. The van der Waals surface area contributed by atoms with Crippen LogP contribution in [0.4, 0.5) is 4.79 Å². The zero-order valence-electron chi connectivity index (χ0n) is 14.8. The number of amides is 1. The summed E-state index contributed by atoms with van der Waals surface area (Å²) in [5, 5.41) is 1.20. The summed E-state index contributed by atoms with van der Waals surface area (Å²) in [4.78, 5) is 18.2. The first-order valence-corrected chi connectivity index (χ1v) is 8.30. The Labute approximate surface area is 152 Å². The number of fused-ring (bicyclic) bond motifs is 2. The standard InChI is InChI=1S/C18H23NO7/c1-21-11-24-16-14-8-9-15(17(16)25-12-22-2)26-19(14)18(20)23-10-13-6-4-3-5-7-13/h3-9,14-17H,10-12H2,1-2H3/t14-,15+,16+,17-/m1/s1. The van der Waals surface area contributed by atoms with E-state index >= 15 is 0 Å². The SMILES string of the molecule is COCO[C@@H]1[C@H](OCOC)[C@@H]2C=C[C@H]1N(C(=O)OCc1ccccc1)O2. The molecule has 26 heavy (non-hydrogen) atoms. The molecule has 0 radical (unpaired) electrons. The average molecular weight is 365 g/mol. The maximum atomic E-state index is 12.5. The van der Waals surface area contributed by atoms with E-state index in [0.29, 0.717) is 0 Å². The van der Waals surface area contributed by atoms with Crippen molar-refractivity contribution >= 4 is 6.09 Å². The second-order valence-electron chi connectivity index (χ2n) is 5.89. The van der Waals surface area contributed by atoms with Gasteiger partial charge in [-0.2, -0.15) is 5.06 Å². The van der Waals surface area contributed by atoms with Crippen molar-refractivity contribution in [2.24, 2.45) is 0 Å².